The zero-order valence-corrected chi connectivity index (χ0v) is 12.9. The van der Waals surface area contributed by atoms with Crippen LogP contribution in [-0.4, -0.2) is 16.7 Å². The van der Waals surface area contributed by atoms with Gasteiger partial charge in [0.25, 0.3) is 5.89 Å². The van der Waals surface area contributed by atoms with Crippen LogP contribution in [0, 0.1) is 6.92 Å². The largest absolute Gasteiger partial charge is 0.418 e. The van der Waals surface area contributed by atoms with Crippen LogP contribution in [0.4, 0.5) is 0 Å². The first-order valence-electron chi connectivity index (χ1n) is 6.95. The van der Waals surface area contributed by atoms with Crippen LogP contribution in [-0.2, 0) is 0 Å². The maximum atomic E-state index is 5.90. The number of aryl methyl sites for hydroxylation is 1. The molecule has 0 aliphatic heterocycles. The first-order valence-corrected chi connectivity index (χ1v) is 7.83. The highest BCUT2D eigenvalue weighted by molar-refractivity contribution is 7.13. The molecule has 0 saturated heterocycles. The topological polar surface area (TPSA) is 51.0 Å². The van der Waals surface area contributed by atoms with Crippen LogP contribution in [0.3, 0.4) is 0 Å². The molecule has 1 unspecified atom stereocenters. The third kappa shape index (κ3) is 2.89. The monoisotopic (exact) mass is 299 g/mol. The lowest BCUT2D eigenvalue weighted by atomic mass is 10.1. The Labute approximate surface area is 127 Å². The fourth-order valence-electron chi connectivity index (χ4n) is 2.23. The molecule has 2 heterocycles. The van der Waals surface area contributed by atoms with Gasteiger partial charge in [0.05, 0.1) is 4.88 Å². The molecule has 1 aromatic carbocycles. The second kappa shape index (κ2) is 6.20. The van der Waals surface area contributed by atoms with Crippen LogP contribution in [0.5, 0.6) is 0 Å². The first-order chi connectivity index (χ1) is 10.3. The van der Waals surface area contributed by atoms with Crippen LogP contribution >= 0.6 is 11.3 Å². The van der Waals surface area contributed by atoms with Crippen LogP contribution in [0.15, 0.2) is 46.2 Å². The van der Waals surface area contributed by atoms with Crippen LogP contribution < -0.4 is 5.32 Å². The summed E-state index contributed by atoms with van der Waals surface area (Å²) in [4.78, 5) is 1.04. The molecule has 4 nitrogen and oxygen atoms in total. The van der Waals surface area contributed by atoms with E-state index in [9.17, 15) is 0 Å². The van der Waals surface area contributed by atoms with Crippen molar-refractivity contribution in [1.82, 2.24) is 15.5 Å². The Hall–Kier alpha value is -1.98. The lowest BCUT2D eigenvalue weighted by molar-refractivity contribution is 0.445. The maximum Gasteiger partial charge on any atom is 0.258 e. The van der Waals surface area contributed by atoms with Gasteiger partial charge in [0, 0.05) is 0 Å². The fraction of sp³-hybridized carbons (Fsp3) is 0.250. The molecule has 0 bridgehead atoms. The van der Waals surface area contributed by atoms with Crippen molar-refractivity contribution in [1.29, 1.82) is 0 Å². The predicted octanol–water partition coefficient (Wildman–Crippen LogP) is 3.81. The highest BCUT2D eigenvalue weighted by atomic mass is 32.1. The van der Waals surface area contributed by atoms with Gasteiger partial charge in [-0.3, -0.25) is 0 Å². The van der Waals surface area contributed by atoms with Crippen LogP contribution in [0.25, 0.3) is 10.8 Å². The van der Waals surface area contributed by atoms with E-state index in [4.69, 9.17) is 4.42 Å². The number of aromatic nitrogens is 2. The number of benzene rings is 1. The number of thiophene rings is 1. The van der Waals surface area contributed by atoms with E-state index in [1.54, 1.807) is 11.3 Å². The molecule has 1 atom stereocenters. The Kier molecular flexibility index (Phi) is 4.13. The molecular formula is C16H17N3OS. The van der Waals surface area contributed by atoms with E-state index in [2.05, 4.69) is 47.6 Å². The summed E-state index contributed by atoms with van der Waals surface area (Å²) < 4.78 is 5.90. The van der Waals surface area contributed by atoms with Gasteiger partial charge in [-0.15, -0.1) is 21.5 Å². The second-order valence-corrected chi connectivity index (χ2v) is 5.70. The highest BCUT2D eigenvalue weighted by Crippen LogP contribution is 2.30. The lowest BCUT2D eigenvalue weighted by Gasteiger charge is -2.13. The van der Waals surface area contributed by atoms with Gasteiger partial charge >= 0.3 is 0 Å². The smallest absolute Gasteiger partial charge is 0.258 e. The lowest BCUT2D eigenvalue weighted by Crippen LogP contribution is -2.22. The summed E-state index contributed by atoms with van der Waals surface area (Å²) in [7, 11) is 0. The molecule has 2 aromatic heterocycles. The Morgan fingerprint density at radius 1 is 1.19 bits per heavy atom. The molecule has 0 radical (unpaired) electrons. The van der Waals surface area contributed by atoms with Crippen molar-refractivity contribution in [3.63, 3.8) is 0 Å². The molecule has 0 saturated carbocycles. The van der Waals surface area contributed by atoms with E-state index in [1.807, 2.05) is 23.6 Å². The first kappa shape index (κ1) is 14.0. The summed E-state index contributed by atoms with van der Waals surface area (Å²) in [6.07, 6.45) is 0. The molecule has 5 heteroatoms. The van der Waals surface area contributed by atoms with Crippen LogP contribution in [0.2, 0.25) is 0 Å². The quantitative estimate of drug-likeness (QED) is 0.778. The maximum absolute atomic E-state index is 5.90. The van der Waals surface area contributed by atoms with Gasteiger partial charge in [-0.2, -0.15) is 0 Å². The van der Waals surface area contributed by atoms with Crippen LogP contribution in [0.1, 0.15) is 30.0 Å². The molecule has 3 rings (SSSR count). The van der Waals surface area contributed by atoms with E-state index in [0.29, 0.717) is 11.8 Å². The summed E-state index contributed by atoms with van der Waals surface area (Å²) in [6.45, 7) is 4.95. The van der Waals surface area contributed by atoms with Gasteiger partial charge in [-0.25, -0.2) is 0 Å². The molecule has 0 aliphatic carbocycles. The van der Waals surface area contributed by atoms with Gasteiger partial charge in [0.15, 0.2) is 0 Å². The minimum Gasteiger partial charge on any atom is -0.418 e. The molecule has 108 valence electrons. The Morgan fingerprint density at radius 2 is 2.00 bits per heavy atom. The van der Waals surface area contributed by atoms with E-state index in [1.165, 1.54) is 0 Å². The normalized spacial score (nSPS) is 12.5. The number of hydrogen-bond donors (Lipinski definition) is 1. The zero-order valence-electron chi connectivity index (χ0n) is 12.0. The van der Waals surface area contributed by atoms with Gasteiger partial charge < -0.3 is 9.73 Å². The summed E-state index contributed by atoms with van der Waals surface area (Å²) in [5.41, 5.74) is 2.28. The van der Waals surface area contributed by atoms with Crippen molar-refractivity contribution in [2.24, 2.45) is 0 Å². The number of nitrogens with one attached hydrogen (secondary N) is 1. The highest BCUT2D eigenvalue weighted by Gasteiger charge is 2.21. The molecule has 3 aromatic rings. The van der Waals surface area contributed by atoms with E-state index >= 15 is 0 Å². The Bertz CT molecular complexity index is 705. The summed E-state index contributed by atoms with van der Waals surface area (Å²) >= 11 is 1.62. The van der Waals surface area contributed by atoms with E-state index < -0.39 is 0 Å². The second-order valence-electron chi connectivity index (χ2n) is 4.78. The third-order valence-corrected chi connectivity index (χ3v) is 4.29. The van der Waals surface area contributed by atoms with Crippen molar-refractivity contribution >= 4 is 11.3 Å². The molecule has 1 N–H and O–H groups in total. The number of nitrogens with zero attached hydrogens (tertiary/aromatic N) is 2. The average molecular weight is 299 g/mol. The summed E-state index contributed by atoms with van der Waals surface area (Å²) in [5, 5.41) is 13.9. The SMILES string of the molecule is CCNC(c1ccccc1)c1nnc(-c2sccc2C)o1. The predicted molar refractivity (Wildman–Crippen MR) is 84.3 cm³/mol. The molecule has 0 fully saturated rings. The van der Waals surface area contributed by atoms with Crippen molar-refractivity contribution in [3.8, 4) is 10.8 Å². The van der Waals surface area contributed by atoms with E-state index in [0.717, 1.165) is 22.5 Å². The molecular weight excluding hydrogens is 282 g/mol. The minimum atomic E-state index is -0.0716. The van der Waals surface area contributed by atoms with Gasteiger partial charge in [-0.1, -0.05) is 37.3 Å². The summed E-state index contributed by atoms with van der Waals surface area (Å²) in [5.74, 6) is 1.20. The molecule has 0 spiro atoms. The van der Waals surface area contributed by atoms with Crippen molar-refractivity contribution in [2.75, 3.05) is 6.54 Å². The third-order valence-electron chi connectivity index (χ3n) is 3.29. The van der Waals surface area contributed by atoms with Gasteiger partial charge in [0.2, 0.25) is 5.89 Å². The van der Waals surface area contributed by atoms with Crippen molar-refractivity contribution in [2.45, 2.75) is 19.9 Å². The fourth-order valence-corrected chi connectivity index (χ4v) is 3.08. The van der Waals surface area contributed by atoms with Gasteiger partial charge in [0.1, 0.15) is 6.04 Å². The van der Waals surface area contributed by atoms with Crippen molar-refractivity contribution < 1.29 is 4.42 Å². The van der Waals surface area contributed by atoms with E-state index in [-0.39, 0.29) is 6.04 Å². The van der Waals surface area contributed by atoms with Gasteiger partial charge in [-0.05, 0) is 36.0 Å². The molecule has 0 aliphatic rings. The standard InChI is InChI=1S/C16H17N3OS/c1-3-17-13(12-7-5-4-6-8-12)15-18-19-16(20-15)14-11(2)9-10-21-14/h4-10,13,17H,3H2,1-2H3. The molecule has 0 amide bonds. The number of rotatable bonds is 5. The summed E-state index contributed by atoms with van der Waals surface area (Å²) in [6, 6.07) is 12.1. The average Bonchev–Trinajstić information content (AvgIpc) is 3.14. The van der Waals surface area contributed by atoms with Crippen molar-refractivity contribution in [3.05, 3.63) is 58.8 Å². The zero-order chi connectivity index (χ0) is 14.7. The Morgan fingerprint density at radius 3 is 2.67 bits per heavy atom. The minimum absolute atomic E-state index is 0.0716. The Balaban J connectivity index is 1.94. The number of hydrogen-bond acceptors (Lipinski definition) is 5. The molecule has 21 heavy (non-hydrogen) atoms.